The van der Waals surface area contributed by atoms with Gasteiger partial charge in [-0.15, -0.1) is 32.9 Å². The zero-order chi connectivity index (χ0) is 26.2. The van der Waals surface area contributed by atoms with Crippen LogP contribution in [0.25, 0.3) is 0 Å². The number of thiophene rings is 2. The van der Waals surface area contributed by atoms with E-state index in [1.807, 2.05) is 12.1 Å². The highest BCUT2D eigenvalue weighted by molar-refractivity contribution is 7.15. The summed E-state index contributed by atoms with van der Waals surface area (Å²) in [6, 6.07) is 5.87. The van der Waals surface area contributed by atoms with Crippen LogP contribution in [0.1, 0.15) is 65.3 Å². The Morgan fingerprint density at radius 2 is 1.86 bits per heavy atom. The van der Waals surface area contributed by atoms with E-state index >= 15 is 0 Å². The molecule has 3 aromatic rings. The molecular weight excluding hydrogens is 510 g/mol. The summed E-state index contributed by atoms with van der Waals surface area (Å²) in [6.07, 6.45) is 3.72. The van der Waals surface area contributed by atoms with Crippen molar-refractivity contribution in [2.45, 2.75) is 43.6 Å². The molecule has 2 aliphatic rings. The number of tetrazole rings is 1. The normalized spacial score (nSPS) is 18.0. The number of nitriles is 1. The number of carbonyl (C=O) groups is 2. The number of aryl methyl sites for hydroxylation is 2. The minimum Gasteiger partial charge on any atom is -0.365 e. The second kappa shape index (κ2) is 10.0. The van der Waals surface area contributed by atoms with Crippen molar-refractivity contribution in [1.29, 1.82) is 5.26 Å². The van der Waals surface area contributed by atoms with Crippen molar-refractivity contribution in [3.63, 3.8) is 0 Å². The number of rotatable bonds is 9. The van der Waals surface area contributed by atoms with Gasteiger partial charge in [0.1, 0.15) is 6.04 Å². The molecule has 0 saturated carbocycles. The van der Waals surface area contributed by atoms with Gasteiger partial charge in [-0.05, 0) is 61.9 Å². The number of amides is 2. The van der Waals surface area contributed by atoms with E-state index in [-0.39, 0.29) is 6.04 Å². The fourth-order valence-corrected chi connectivity index (χ4v) is 7.60. The Hall–Kier alpha value is -3.60. The first-order valence-electron chi connectivity index (χ1n) is 12.0. The molecule has 0 radical (unpaired) electrons. The van der Waals surface area contributed by atoms with Gasteiger partial charge in [0.25, 0.3) is 11.8 Å². The minimum absolute atomic E-state index is 0.136. The molecule has 3 aromatic heterocycles. The largest absolute Gasteiger partial charge is 0.365 e. The number of H-pyrrole nitrogens is 1. The maximum atomic E-state index is 12.1. The number of nitrogens with two attached hydrogens (primary N) is 2. The predicted molar refractivity (Wildman–Crippen MR) is 139 cm³/mol. The topological polar surface area (TPSA) is 180 Å². The molecule has 192 valence electrons. The molecule has 6 N–H and O–H groups in total. The number of hydrogen-bond donors (Lipinski definition) is 4. The van der Waals surface area contributed by atoms with Crippen molar-refractivity contribution in [3.8, 4) is 6.07 Å². The maximum Gasteiger partial charge on any atom is 0.258 e. The number of carbonyl (C=O) groups excluding carboxylic acids is 2. The molecule has 1 aliphatic carbocycles. The smallest absolute Gasteiger partial charge is 0.258 e. The van der Waals surface area contributed by atoms with Gasteiger partial charge in [-0.25, -0.2) is 0 Å². The monoisotopic (exact) mass is 537 g/mol. The average Bonchev–Trinajstić information content (AvgIpc) is 3.68. The predicted octanol–water partition coefficient (Wildman–Crippen LogP) is 1.43. The Morgan fingerprint density at radius 3 is 2.41 bits per heavy atom. The van der Waals surface area contributed by atoms with Gasteiger partial charge < -0.3 is 21.7 Å². The molecule has 1 aliphatic heterocycles. The van der Waals surface area contributed by atoms with Crippen LogP contribution in [-0.2, 0) is 18.3 Å². The number of likely N-dealkylation sites (tertiary alicyclic amines) is 1. The van der Waals surface area contributed by atoms with Gasteiger partial charge in [-0.2, -0.15) is 10.5 Å². The lowest BCUT2D eigenvalue weighted by Gasteiger charge is -2.32. The van der Waals surface area contributed by atoms with Crippen LogP contribution in [0.2, 0.25) is 0 Å². The summed E-state index contributed by atoms with van der Waals surface area (Å²) in [5.74, 6) is -0.532. The second-order valence-corrected chi connectivity index (χ2v) is 11.5. The lowest BCUT2D eigenvalue weighted by Crippen LogP contribution is -2.37. The minimum atomic E-state index is -0.875. The van der Waals surface area contributed by atoms with Crippen LogP contribution >= 0.6 is 22.7 Å². The summed E-state index contributed by atoms with van der Waals surface area (Å²) in [5, 5.41) is 28.1. The summed E-state index contributed by atoms with van der Waals surface area (Å²) < 4.78 is 0. The van der Waals surface area contributed by atoms with Crippen LogP contribution in [0.15, 0.2) is 24.4 Å². The van der Waals surface area contributed by atoms with E-state index < -0.39 is 17.2 Å². The molecular formula is C24H27N9O2S2. The van der Waals surface area contributed by atoms with E-state index in [0.717, 1.165) is 46.0 Å². The Balaban J connectivity index is 1.52. The number of aromatic amines is 1. The molecule has 37 heavy (non-hydrogen) atoms. The molecule has 0 aromatic carbocycles. The van der Waals surface area contributed by atoms with Gasteiger partial charge in [-0.3, -0.25) is 9.59 Å². The van der Waals surface area contributed by atoms with Crippen molar-refractivity contribution in [1.82, 2.24) is 30.8 Å². The molecule has 1 fully saturated rings. The molecule has 5 rings (SSSR count). The fourth-order valence-electron chi connectivity index (χ4n) is 5.42. The van der Waals surface area contributed by atoms with Crippen LogP contribution in [0.5, 0.6) is 0 Å². The summed E-state index contributed by atoms with van der Waals surface area (Å²) in [6.45, 7) is 6.08. The van der Waals surface area contributed by atoms with E-state index in [0.29, 0.717) is 47.9 Å². The maximum absolute atomic E-state index is 12.1. The van der Waals surface area contributed by atoms with Crippen molar-refractivity contribution in [2.75, 3.05) is 19.6 Å². The summed E-state index contributed by atoms with van der Waals surface area (Å²) >= 11 is 2.77. The van der Waals surface area contributed by atoms with Gasteiger partial charge in [0.15, 0.2) is 5.82 Å². The third-order valence-electron chi connectivity index (χ3n) is 7.14. The number of hydrogen-bond acceptors (Lipinski definition) is 10. The van der Waals surface area contributed by atoms with Crippen LogP contribution in [0.3, 0.4) is 0 Å². The van der Waals surface area contributed by atoms with Gasteiger partial charge >= 0.3 is 0 Å². The average molecular weight is 538 g/mol. The van der Waals surface area contributed by atoms with E-state index in [4.69, 9.17) is 11.5 Å². The molecule has 4 heterocycles. The highest BCUT2D eigenvalue weighted by Gasteiger charge is 2.46. The van der Waals surface area contributed by atoms with Crippen molar-refractivity contribution >= 4 is 34.5 Å². The van der Waals surface area contributed by atoms with E-state index in [2.05, 4.69) is 43.5 Å². The van der Waals surface area contributed by atoms with Gasteiger partial charge in [0.2, 0.25) is 0 Å². The first kappa shape index (κ1) is 25.1. The zero-order valence-corrected chi connectivity index (χ0v) is 21.8. The van der Waals surface area contributed by atoms with E-state index in [1.165, 1.54) is 22.7 Å². The Morgan fingerprint density at radius 1 is 1.22 bits per heavy atom. The van der Waals surface area contributed by atoms with E-state index in [9.17, 15) is 14.9 Å². The summed E-state index contributed by atoms with van der Waals surface area (Å²) in [7, 11) is 0. The van der Waals surface area contributed by atoms with Crippen LogP contribution in [-0.4, -0.2) is 63.0 Å². The van der Waals surface area contributed by atoms with Crippen LogP contribution < -0.4 is 16.8 Å². The van der Waals surface area contributed by atoms with Crippen LogP contribution in [0.4, 0.5) is 0 Å². The molecule has 13 heteroatoms. The van der Waals surface area contributed by atoms with Gasteiger partial charge in [0.05, 0.1) is 21.2 Å². The lowest BCUT2D eigenvalue weighted by molar-refractivity contribution is 0.0995. The molecule has 2 amide bonds. The number of nitrogens with zero attached hydrogens (tertiary/aromatic N) is 5. The Labute approximate surface area is 221 Å². The van der Waals surface area contributed by atoms with Crippen molar-refractivity contribution < 1.29 is 9.59 Å². The number of aromatic nitrogens is 4. The molecule has 1 saturated heterocycles. The van der Waals surface area contributed by atoms with Crippen molar-refractivity contribution in [2.24, 2.45) is 11.5 Å². The highest BCUT2D eigenvalue weighted by atomic mass is 32.1. The highest BCUT2D eigenvalue weighted by Crippen LogP contribution is 2.50. The van der Waals surface area contributed by atoms with Crippen molar-refractivity contribution in [3.05, 3.63) is 60.9 Å². The summed E-state index contributed by atoms with van der Waals surface area (Å²) in [4.78, 5) is 29.3. The van der Waals surface area contributed by atoms with Gasteiger partial charge in [-0.1, -0.05) is 11.8 Å². The molecule has 11 nitrogen and oxygen atoms in total. The lowest BCUT2D eigenvalue weighted by atomic mass is 9.71. The first-order valence-corrected chi connectivity index (χ1v) is 13.6. The zero-order valence-electron chi connectivity index (χ0n) is 20.1. The van der Waals surface area contributed by atoms with Crippen LogP contribution in [0, 0.1) is 11.3 Å². The standard InChI is InChI=1S/C24H27N9O2S2/c1-13(33-8-2-3-14(33)11-25)12-28-7-6-24(23-29-31-32-30-23)15-9-19(21(26)34)36-17(15)4-5-18-16(24)10-20(37-18)22(27)35/h9-10,14,28H,1-8,12H2,(H2,26,34)(H2,27,35)(H,29,30,31,32). The number of nitrogens with one attached hydrogen (secondary N) is 2. The second-order valence-electron chi connectivity index (χ2n) is 9.24. The summed E-state index contributed by atoms with van der Waals surface area (Å²) in [5.41, 5.74) is 13.1. The Bertz CT molecular complexity index is 1330. The number of fused-ring (bicyclic) bond motifs is 2. The fraction of sp³-hybridized carbons (Fsp3) is 0.417. The molecule has 0 spiro atoms. The molecule has 1 atom stereocenters. The molecule has 1 unspecified atom stereocenters. The third-order valence-corrected chi connectivity index (χ3v) is 9.56. The molecule has 0 bridgehead atoms. The number of primary amides is 2. The first-order chi connectivity index (χ1) is 17.8. The Kier molecular flexibility index (Phi) is 6.80. The quantitative estimate of drug-likeness (QED) is 0.296. The van der Waals surface area contributed by atoms with Gasteiger partial charge in [0, 0.05) is 28.5 Å². The van der Waals surface area contributed by atoms with E-state index in [1.54, 1.807) is 0 Å². The third kappa shape index (κ3) is 4.41. The SMILES string of the molecule is C=C(CNCCC1(c2nn[nH]n2)c2cc(C(N)=O)sc2CCc2sc(C(N)=O)cc21)N1CCCC1C#N.